The van der Waals surface area contributed by atoms with Crippen LogP contribution >= 0.6 is 0 Å². The van der Waals surface area contributed by atoms with E-state index in [1.807, 2.05) is 13.0 Å². The second-order valence-corrected chi connectivity index (χ2v) is 4.77. The molecule has 2 rings (SSSR count). The molecule has 1 saturated carbocycles. The summed E-state index contributed by atoms with van der Waals surface area (Å²) in [6.07, 6.45) is 4.34. The van der Waals surface area contributed by atoms with Crippen molar-refractivity contribution in [3.63, 3.8) is 0 Å². The third kappa shape index (κ3) is 1.91. The maximum atomic E-state index is 11.8. The summed E-state index contributed by atoms with van der Waals surface area (Å²) >= 11 is 0. The largest absolute Gasteiger partial charge is 0.463 e. The van der Waals surface area contributed by atoms with E-state index in [0.29, 0.717) is 24.7 Å². The van der Waals surface area contributed by atoms with Gasteiger partial charge in [0.2, 0.25) is 0 Å². The van der Waals surface area contributed by atoms with E-state index in [4.69, 9.17) is 4.74 Å². The van der Waals surface area contributed by atoms with Crippen molar-refractivity contribution in [3.8, 4) is 0 Å². The lowest BCUT2D eigenvalue weighted by atomic mass is 9.76. The smallest absolute Gasteiger partial charge is 0.333 e. The Morgan fingerprint density at radius 2 is 2.25 bits per heavy atom. The van der Waals surface area contributed by atoms with E-state index in [2.05, 4.69) is 6.92 Å². The van der Waals surface area contributed by atoms with Gasteiger partial charge in [0.05, 0.1) is 6.61 Å². The quantitative estimate of drug-likeness (QED) is 0.672. The fourth-order valence-corrected chi connectivity index (χ4v) is 2.91. The van der Waals surface area contributed by atoms with Gasteiger partial charge in [0.15, 0.2) is 0 Å². The van der Waals surface area contributed by atoms with Crippen LogP contribution in [0.5, 0.6) is 0 Å². The molecule has 0 saturated heterocycles. The van der Waals surface area contributed by atoms with Crippen molar-refractivity contribution in [2.45, 2.75) is 33.1 Å². The summed E-state index contributed by atoms with van der Waals surface area (Å²) in [5.74, 6) is 0.607. The highest BCUT2D eigenvalue weighted by atomic mass is 16.5. The highest BCUT2D eigenvalue weighted by Gasteiger charge is 2.42. The number of allylic oxidation sites excluding steroid dienone is 1. The molecule has 16 heavy (non-hydrogen) atoms. The van der Waals surface area contributed by atoms with E-state index in [0.717, 1.165) is 18.4 Å². The van der Waals surface area contributed by atoms with E-state index in [1.54, 1.807) is 0 Å². The number of ketones is 1. The van der Waals surface area contributed by atoms with Crippen LogP contribution in [0.2, 0.25) is 0 Å². The van der Waals surface area contributed by atoms with Crippen LogP contribution in [-0.4, -0.2) is 18.4 Å². The number of esters is 1. The first kappa shape index (κ1) is 11.4. The molecule has 0 aromatic heterocycles. The summed E-state index contributed by atoms with van der Waals surface area (Å²) in [4.78, 5) is 23.5. The number of carbonyl (C=O) groups excluding carboxylic acids is 2. The van der Waals surface area contributed by atoms with Gasteiger partial charge in [0, 0.05) is 23.8 Å². The van der Waals surface area contributed by atoms with E-state index < -0.39 is 0 Å². The first-order valence-electron chi connectivity index (χ1n) is 6.05. The third-order valence-corrected chi connectivity index (χ3v) is 3.60. The number of rotatable bonds is 2. The number of hydrogen-bond acceptors (Lipinski definition) is 3. The molecule has 0 spiro atoms. The van der Waals surface area contributed by atoms with Gasteiger partial charge in [0.25, 0.3) is 0 Å². The molecule has 1 fully saturated rings. The molecule has 0 unspecified atom stereocenters. The Kier molecular flexibility index (Phi) is 3.13. The van der Waals surface area contributed by atoms with Crippen molar-refractivity contribution in [1.82, 2.24) is 0 Å². The normalized spacial score (nSPS) is 33.2. The fourth-order valence-electron chi connectivity index (χ4n) is 2.91. The molecule has 3 heteroatoms. The lowest BCUT2D eigenvalue weighted by Gasteiger charge is -2.27. The minimum atomic E-state index is -0.223. The lowest BCUT2D eigenvalue weighted by Crippen LogP contribution is -2.28. The van der Waals surface area contributed by atoms with Crippen molar-refractivity contribution in [2.75, 3.05) is 6.61 Å². The predicted molar refractivity (Wildman–Crippen MR) is 59.7 cm³/mol. The van der Waals surface area contributed by atoms with E-state index in [1.165, 1.54) is 0 Å². The van der Waals surface area contributed by atoms with Crippen LogP contribution < -0.4 is 0 Å². The summed E-state index contributed by atoms with van der Waals surface area (Å²) in [7, 11) is 0. The van der Waals surface area contributed by atoms with Gasteiger partial charge in [-0.25, -0.2) is 4.79 Å². The highest BCUT2D eigenvalue weighted by molar-refractivity contribution is 5.93. The fraction of sp³-hybridized carbons (Fsp3) is 0.692. The van der Waals surface area contributed by atoms with E-state index >= 15 is 0 Å². The molecule has 0 radical (unpaired) electrons. The minimum absolute atomic E-state index is 0.0689. The summed E-state index contributed by atoms with van der Waals surface area (Å²) in [6, 6.07) is 0. The van der Waals surface area contributed by atoms with Crippen molar-refractivity contribution in [1.29, 1.82) is 0 Å². The van der Waals surface area contributed by atoms with E-state index in [9.17, 15) is 9.59 Å². The average molecular weight is 222 g/mol. The van der Waals surface area contributed by atoms with Crippen LogP contribution in [0.3, 0.4) is 0 Å². The summed E-state index contributed by atoms with van der Waals surface area (Å²) in [5, 5.41) is 0. The minimum Gasteiger partial charge on any atom is -0.463 e. The highest BCUT2D eigenvalue weighted by Crippen LogP contribution is 2.42. The molecule has 2 aliphatic carbocycles. The Labute approximate surface area is 95.9 Å². The molecule has 3 nitrogen and oxygen atoms in total. The molecular formula is C13H18O3. The van der Waals surface area contributed by atoms with Crippen molar-refractivity contribution in [3.05, 3.63) is 11.6 Å². The van der Waals surface area contributed by atoms with Gasteiger partial charge in [-0.05, 0) is 25.7 Å². The molecule has 0 N–H and O–H groups in total. The van der Waals surface area contributed by atoms with Gasteiger partial charge < -0.3 is 4.74 Å². The molecule has 0 bridgehead atoms. The van der Waals surface area contributed by atoms with Gasteiger partial charge >= 0.3 is 5.97 Å². The molecule has 0 aromatic rings. The van der Waals surface area contributed by atoms with Crippen LogP contribution in [0.4, 0.5) is 0 Å². The van der Waals surface area contributed by atoms with Gasteiger partial charge in [-0.3, -0.25) is 4.79 Å². The summed E-state index contributed by atoms with van der Waals surface area (Å²) < 4.78 is 5.05. The zero-order chi connectivity index (χ0) is 11.7. The Morgan fingerprint density at radius 1 is 1.50 bits per heavy atom. The maximum Gasteiger partial charge on any atom is 0.333 e. The zero-order valence-corrected chi connectivity index (χ0v) is 9.86. The van der Waals surface area contributed by atoms with Crippen molar-refractivity contribution in [2.24, 2.45) is 17.8 Å². The second kappa shape index (κ2) is 4.40. The maximum absolute atomic E-state index is 11.8. The Balaban J connectivity index is 2.22. The number of fused-ring (bicyclic) bond motifs is 1. The van der Waals surface area contributed by atoms with Crippen molar-refractivity contribution < 1.29 is 14.3 Å². The Hall–Kier alpha value is -1.12. The molecule has 3 atom stereocenters. The number of hydrogen-bond donors (Lipinski definition) is 0. The van der Waals surface area contributed by atoms with Crippen LogP contribution in [-0.2, 0) is 14.3 Å². The van der Waals surface area contributed by atoms with Crippen LogP contribution in [0.15, 0.2) is 11.6 Å². The monoisotopic (exact) mass is 222 g/mol. The van der Waals surface area contributed by atoms with Gasteiger partial charge in [-0.2, -0.15) is 0 Å². The number of carbonyl (C=O) groups is 2. The van der Waals surface area contributed by atoms with E-state index in [-0.39, 0.29) is 17.8 Å². The van der Waals surface area contributed by atoms with Gasteiger partial charge in [0.1, 0.15) is 5.78 Å². The Morgan fingerprint density at radius 3 is 2.94 bits per heavy atom. The summed E-state index contributed by atoms with van der Waals surface area (Å²) in [5.41, 5.74) is 0.747. The SMILES string of the molecule is CCOC(=O)C1=C[C@H](C)C[C@@H]2C(=O)CC[C@H]12. The number of ether oxygens (including phenoxy) is 1. The molecule has 2 aliphatic rings. The molecule has 0 amide bonds. The first-order chi connectivity index (χ1) is 7.63. The standard InChI is InChI=1S/C13H18O3/c1-3-16-13(15)11-7-8(2)6-10-9(11)4-5-12(10)14/h7-10H,3-6H2,1-2H3/t8-,9+,10+/m1/s1. The third-order valence-electron chi connectivity index (χ3n) is 3.60. The molecule has 0 aromatic carbocycles. The topological polar surface area (TPSA) is 43.4 Å². The zero-order valence-electron chi connectivity index (χ0n) is 9.86. The average Bonchev–Trinajstić information content (AvgIpc) is 2.60. The van der Waals surface area contributed by atoms with Crippen LogP contribution in [0.25, 0.3) is 0 Å². The van der Waals surface area contributed by atoms with Gasteiger partial charge in [-0.1, -0.05) is 13.0 Å². The predicted octanol–water partition coefficient (Wildman–Crippen LogP) is 2.11. The van der Waals surface area contributed by atoms with Crippen molar-refractivity contribution >= 4 is 11.8 Å². The van der Waals surface area contributed by atoms with Gasteiger partial charge in [-0.15, -0.1) is 0 Å². The second-order valence-electron chi connectivity index (χ2n) is 4.77. The summed E-state index contributed by atoms with van der Waals surface area (Å²) in [6.45, 7) is 4.26. The van der Waals surface area contributed by atoms with Crippen LogP contribution in [0.1, 0.15) is 33.1 Å². The molecule has 0 aliphatic heterocycles. The Bertz CT molecular complexity index is 343. The first-order valence-corrected chi connectivity index (χ1v) is 6.05. The number of Topliss-reactive ketones (excluding diaryl/α,β-unsaturated/α-hetero) is 1. The molecular weight excluding hydrogens is 204 g/mol. The van der Waals surface area contributed by atoms with Crippen LogP contribution in [0, 0.1) is 17.8 Å². The molecule has 88 valence electrons. The lowest BCUT2D eigenvalue weighted by molar-refractivity contribution is -0.139. The molecule has 0 heterocycles.